The molecule has 2 aromatic rings. The second-order valence-corrected chi connectivity index (χ2v) is 4.35. The molecular weight excluding hydrogens is 279 g/mol. The molecule has 0 unspecified atom stereocenters. The number of hydrogen-bond acceptors (Lipinski definition) is 3. The monoisotopic (exact) mass is 287 g/mol. The van der Waals surface area contributed by atoms with Gasteiger partial charge < -0.3 is 5.32 Å². The average Bonchev–Trinajstić information content (AvgIpc) is 2.81. The van der Waals surface area contributed by atoms with Crippen LogP contribution >= 0.6 is 11.3 Å². The molecule has 19 heavy (non-hydrogen) atoms. The van der Waals surface area contributed by atoms with Crippen molar-refractivity contribution in [3.63, 3.8) is 0 Å². The van der Waals surface area contributed by atoms with Gasteiger partial charge in [-0.25, -0.2) is 9.78 Å². The van der Waals surface area contributed by atoms with E-state index in [4.69, 9.17) is 0 Å². The summed E-state index contributed by atoms with van der Waals surface area (Å²) >= 11 is 1.17. The van der Waals surface area contributed by atoms with E-state index in [1.807, 2.05) is 0 Å². The Morgan fingerprint density at radius 3 is 2.58 bits per heavy atom. The minimum absolute atomic E-state index is 0.302. The van der Waals surface area contributed by atoms with Crippen LogP contribution in [-0.4, -0.2) is 11.0 Å². The smallest absolute Gasteiger partial charge is 0.307 e. The normalized spacial score (nSPS) is 11.1. The average molecular weight is 287 g/mol. The number of alkyl halides is 3. The van der Waals surface area contributed by atoms with E-state index in [0.29, 0.717) is 5.13 Å². The highest BCUT2D eigenvalue weighted by molar-refractivity contribution is 7.13. The minimum atomic E-state index is -4.52. The Morgan fingerprint density at radius 1 is 1.21 bits per heavy atom. The van der Waals surface area contributed by atoms with Crippen molar-refractivity contribution in [1.82, 2.24) is 4.98 Å². The van der Waals surface area contributed by atoms with E-state index in [1.54, 1.807) is 5.38 Å². The molecule has 1 aromatic heterocycles. The number of aromatic nitrogens is 1. The standard InChI is InChI=1S/C11H8F3N3OS/c12-11(13,14)7-3-1-2-4-8(7)16-9(18)17-10-15-5-6-19-10/h1-6H,(H2,15,16,17,18). The lowest BCUT2D eigenvalue weighted by Gasteiger charge is -2.13. The van der Waals surface area contributed by atoms with Gasteiger partial charge >= 0.3 is 12.2 Å². The van der Waals surface area contributed by atoms with Crippen molar-refractivity contribution < 1.29 is 18.0 Å². The Morgan fingerprint density at radius 2 is 1.95 bits per heavy atom. The molecule has 0 atom stereocenters. The molecule has 100 valence electrons. The van der Waals surface area contributed by atoms with Crippen LogP contribution in [0.5, 0.6) is 0 Å². The molecule has 2 rings (SSSR count). The first-order valence-corrected chi connectivity index (χ1v) is 5.98. The van der Waals surface area contributed by atoms with Crippen LogP contribution in [0.2, 0.25) is 0 Å². The van der Waals surface area contributed by atoms with E-state index in [1.165, 1.54) is 35.7 Å². The lowest BCUT2D eigenvalue weighted by molar-refractivity contribution is -0.136. The van der Waals surface area contributed by atoms with E-state index >= 15 is 0 Å². The van der Waals surface area contributed by atoms with Crippen molar-refractivity contribution in [2.24, 2.45) is 0 Å². The van der Waals surface area contributed by atoms with Crippen molar-refractivity contribution in [2.75, 3.05) is 10.6 Å². The van der Waals surface area contributed by atoms with Crippen LogP contribution in [-0.2, 0) is 6.18 Å². The Kier molecular flexibility index (Phi) is 3.70. The molecular formula is C11H8F3N3OS. The van der Waals surface area contributed by atoms with Crippen molar-refractivity contribution in [3.05, 3.63) is 41.4 Å². The van der Waals surface area contributed by atoms with Gasteiger partial charge in [-0.2, -0.15) is 13.2 Å². The highest BCUT2D eigenvalue weighted by Gasteiger charge is 2.33. The molecule has 1 aromatic carbocycles. The lowest BCUT2D eigenvalue weighted by atomic mass is 10.1. The van der Waals surface area contributed by atoms with E-state index in [0.717, 1.165) is 6.07 Å². The number of thiazole rings is 1. The zero-order valence-electron chi connectivity index (χ0n) is 9.36. The first-order chi connectivity index (χ1) is 8.97. The summed E-state index contributed by atoms with van der Waals surface area (Å²) < 4.78 is 38.1. The fraction of sp³-hybridized carbons (Fsp3) is 0.0909. The molecule has 0 aliphatic carbocycles. The Bertz CT molecular complexity index is 569. The van der Waals surface area contributed by atoms with Crippen LogP contribution in [0.1, 0.15) is 5.56 Å². The first kappa shape index (κ1) is 13.3. The maximum atomic E-state index is 12.7. The Hall–Kier alpha value is -2.09. The maximum absolute atomic E-state index is 12.7. The van der Waals surface area contributed by atoms with Crippen molar-refractivity contribution >= 4 is 28.2 Å². The number of rotatable bonds is 2. The predicted molar refractivity (Wildman–Crippen MR) is 66.2 cm³/mol. The maximum Gasteiger partial charge on any atom is 0.418 e. The molecule has 4 nitrogen and oxygen atoms in total. The molecule has 0 saturated carbocycles. The third kappa shape index (κ3) is 3.44. The van der Waals surface area contributed by atoms with E-state index in [-0.39, 0.29) is 5.69 Å². The number of anilines is 2. The number of urea groups is 1. The zero-order valence-corrected chi connectivity index (χ0v) is 10.2. The van der Waals surface area contributed by atoms with Crippen LogP contribution in [0, 0.1) is 0 Å². The SMILES string of the molecule is O=C(Nc1nccs1)Nc1ccccc1C(F)(F)F. The van der Waals surface area contributed by atoms with Gasteiger partial charge in [0.15, 0.2) is 5.13 Å². The third-order valence-electron chi connectivity index (χ3n) is 2.13. The van der Waals surface area contributed by atoms with Gasteiger partial charge in [0.1, 0.15) is 0 Å². The fourth-order valence-corrected chi connectivity index (χ4v) is 1.90. The number of halogens is 3. The molecule has 1 heterocycles. The highest BCUT2D eigenvalue weighted by Crippen LogP contribution is 2.34. The van der Waals surface area contributed by atoms with Gasteiger partial charge in [-0.1, -0.05) is 12.1 Å². The summed E-state index contributed by atoms with van der Waals surface area (Å²) in [4.78, 5) is 15.3. The fourth-order valence-electron chi connectivity index (χ4n) is 1.38. The van der Waals surface area contributed by atoms with E-state index in [9.17, 15) is 18.0 Å². The summed E-state index contributed by atoms with van der Waals surface area (Å²) in [6.45, 7) is 0. The van der Waals surface area contributed by atoms with Crippen LogP contribution in [0.25, 0.3) is 0 Å². The van der Waals surface area contributed by atoms with Gasteiger partial charge in [0.25, 0.3) is 0 Å². The molecule has 2 N–H and O–H groups in total. The first-order valence-electron chi connectivity index (χ1n) is 5.10. The van der Waals surface area contributed by atoms with Gasteiger partial charge in [-0.05, 0) is 12.1 Å². The number of benzene rings is 1. The summed E-state index contributed by atoms with van der Waals surface area (Å²) in [5, 5.41) is 6.44. The third-order valence-corrected chi connectivity index (χ3v) is 2.82. The summed E-state index contributed by atoms with van der Waals surface area (Å²) in [5.41, 5.74) is -1.20. The summed E-state index contributed by atoms with van der Waals surface area (Å²) in [7, 11) is 0. The number of hydrogen-bond donors (Lipinski definition) is 2. The van der Waals surface area contributed by atoms with E-state index < -0.39 is 17.8 Å². The number of carbonyl (C=O) groups is 1. The molecule has 0 aliphatic heterocycles. The van der Waals surface area contributed by atoms with Crippen LogP contribution in [0.15, 0.2) is 35.8 Å². The highest BCUT2D eigenvalue weighted by atomic mass is 32.1. The largest absolute Gasteiger partial charge is 0.418 e. The van der Waals surface area contributed by atoms with Gasteiger partial charge in [-0.15, -0.1) is 11.3 Å². The van der Waals surface area contributed by atoms with Gasteiger partial charge in [-0.3, -0.25) is 5.32 Å². The van der Waals surface area contributed by atoms with Crippen LogP contribution < -0.4 is 10.6 Å². The van der Waals surface area contributed by atoms with Crippen molar-refractivity contribution in [3.8, 4) is 0 Å². The summed E-state index contributed by atoms with van der Waals surface area (Å²) in [6.07, 6.45) is -3.05. The number of para-hydroxylation sites is 1. The molecule has 0 spiro atoms. The minimum Gasteiger partial charge on any atom is -0.307 e. The van der Waals surface area contributed by atoms with Gasteiger partial charge in [0.2, 0.25) is 0 Å². The van der Waals surface area contributed by atoms with Crippen molar-refractivity contribution in [1.29, 1.82) is 0 Å². The molecule has 8 heteroatoms. The number of nitrogens with one attached hydrogen (secondary N) is 2. The summed E-state index contributed by atoms with van der Waals surface area (Å²) in [5.74, 6) is 0. The molecule has 0 aliphatic rings. The van der Waals surface area contributed by atoms with Crippen molar-refractivity contribution in [2.45, 2.75) is 6.18 Å². The van der Waals surface area contributed by atoms with Crippen LogP contribution in [0.4, 0.5) is 28.8 Å². The molecule has 0 fully saturated rings. The number of carbonyl (C=O) groups excluding carboxylic acids is 1. The molecule has 0 saturated heterocycles. The summed E-state index contributed by atoms with van der Waals surface area (Å²) in [6, 6.07) is 3.98. The zero-order chi connectivity index (χ0) is 13.9. The molecule has 0 radical (unpaired) electrons. The Balaban J connectivity index is 2.13. The molecule has 2 amide bonds. The Labute approximate surface area is 110 Å². The second-order valence-electron chi connectivity index (χ2n) is 3.46. The van der Waals surface area contributed by atoms with Crippen LogP contribution in [0.3, 0.4) is 0 Å². The van der Waals surface area contributed by atoms with E-state index in [2.05, 4.69) is 15.6 Å². The number of nitrogens with zero attached hydrogens (tertiary/aromatic N) is 1. The van der Waals surface area contributed by atoms with Gasteiger partial charge in [0.05, 0.1) is 11.3 Å². The predicted octanol–water partition coefficient (Wildman–Crippen LogP) is 3.81. The van der Waals surface area contributed by atoms with Gasteiger partial charge in [0, 0.05) is 11.6 Å². The quantitative estimate of drug-likeness (QED) is 0.882. The topological polar surface area (TPSA) is 54.0 Å². The lowest BCUT2D eigenvalue weighted by Crippen LogP contribution is -2.21. The second kappa shape index (κ2) is 5.27. The molecule has 0 bridgehead atoms. The number of amides is 2.